The van der Waals surface area contributed by atoms with Gasteiger partial charge in [0.1, 0.15) is 7.11 Å². The Bertz CT molecular complexity index is 226. The molecule has 0 N–H and O–H groups in total. The number of carbonyl (C=O) groups is 1. The van der Waals surface area contributed by atoms with Crippen LogP contribution >= 0.6 is 0 Å². The first kappa shape index (κ1) is 14.6. The Labute approximate surface area is 101 Å². The number of hydrogen-bond donors (Lipinski definition) is 0. The van der Waals surface area contributed by atoms with Crippen LogP contribution in [0.15, 0.2) is 30.3 Å². The number of ether oxygens (including phenoxy) is 1. The largest absolute Gasteiger partial charge is 1.00 e. The van der Waals surface area contributed by atoms with Gasteiger partial charge in [0, 0.05) is 19.5 Å². The summed E-state index contributed by atoms with van der Waals surface area (Å²) in [5, 5.41) is 0. The minimum atomic E-state index is -0.402. The van der Waals surface area contributed by atoms with Gasteiger partial charge in [0.2, 0.25) is 0 Å². The van der Waals surface area contributed by atoms with Crippen LogP contribution in [-0.4, -0.2) is 5.97 Å². The number of esters is 1. The van der Waals surface area contributed by atoms with Gasteiger partial charge in [0.15, 0.2) is 0 Å². The van der Waals surface area contributed by atoms with Gasteiger partial charge >= 0.3 is 5.97 Å². The van der Waals surface area contributed by atoms with E-state index in [-0.39, 0.29) is 43.5 Å². The molecule has 2 nitrogen and oxygen atoms in total. The van der Waals surface area contributed by atoms with Crippen LogP contribution < -0.4 is 24.0 Å². The summed E-state index contributed by atoms with van der Waals surface area (Å²) < 4.78 is 4.25. The van der Waals surface area contributed by atoms with E-state index in [0.717, 1.165) is 0 Å². The number of rotatable bonds is 1. The van der Waals surface area contributed by atoms with E-state index in [1.54, 1.807) is 24.3 Å². The van der Waals surface area contributed by atoms with Gasteiger partial charge in [-0.15, -0.1) is 0 Å². The zero-order valence-corrected chi connectivity index (χ0v) is 11.6. The van der Waals surface area contributed by atoms with Crippen molar-refractivity contribution in [3.63, 3.8) is 0 Å². The molecule has 0 amide bonds. The van der Waals surface area contributed by atoms with Crippen molar-refractivity contribution in [3.8, 4) is 0 Å². The second kappa shape index (κ2) is 7.68. The Balaban J connectivity index is 0. The van der Waals surface area contributed by atoms with E-state index in [1.165, 1.54) is 0 Å². The van der Waals surface area contributed by atoms with Crippen molar-refractivity contribution >= 4 is 5.97 Å². The predicted molar refractivity (Wildman–Crippen MR) is 37.2 cm³/mol. The maximum atomic E-state index is 10.7. The molecule has 1 aromatic carbocycles. The molecule has 0 fully saturated rings. The van der Waals surface area contributed by atoms with Crippen LogP contribution in [0.1, 0.15) is 10.4 Å². The van der Waals surface area contributed by atoms with Gasteiger partial charge in [-0.25, -0.2) is 4.79 Å². The molecule has 1 radical (unpaired) electrons. The minimum Gasteiger partial charge on any atom is -1.00 e. The standard InChI is InChI=1S/C8H7O2.HI.Zn/c1-10-8(9)7-5-3-2-4-6-7;;/h2-6H,1H2;1H;/p-1. The van der Waals surface area contributed by atoms with Gasteiger partial charge in [-0.1, -0.05) is 18.2 Å². The van der Waals surface area contributed by atoms with E-state index < -0.39 is 5.97 Å². The molecule has 0 aliphatic carbocycles. The van der Waals surface area contributed by atoms with Gasteiger partial charge in [0.05, 0.1) is 5.56 Å². The third-order valence-corrected chi connectivity index (χ3v) is 1.14. The van der Waals surface area contributed by atoms with Gasteiger partial charge in [-0.2, -0.15) is 0 Å². The van der Waals surface area contributed by atoms with E-state index in [9.17, 15) is 4.79 Å². The van der Waals surface area contributed by atoms with Crippen LogP contribution in [0, 0.1) is 7.11 Å². The summed E-state index contributed by atoms with van der Waals surface area (Å²) in [6.45, 7) is 0. The zero-order valence-electron chi connectivity index (χ0n) is 6.50. The summed E-state index contributed by atoms with van der Waals surface area (Å²) in [6.07, 6.45) is 0. The van der Waals surface area contributed by atoms with E-state index in [4.69, 9.17) is 0 Å². The van der Waals surface area contributed by atoms with Crippen molar-refractivity contribution in [1.82, 2.24) is 0 Å². The Hall–Kier alpha value is 0.0434. The molecule has 0 aromatic heterocycles. The third kappa shape index (κ3) is 4.16. The van der Waals surface area contributed by atoms with E-state index in [2.05, 4.69) is 11.8 Å². The SMILES string of the molecule is [CH2]OC(=O)c1ccccc1.[I-].[Zn]. The monoisotopic (exact) mass is 326 g/mol. The first-order valence-electron chi connectivity index (χ1n) is 2.86. The first-order valence-corrected chi connectivity index (χ1v) is 2.86. The Kier molecular flexibility index (Phi) is 9.32. The van der Waals surface area contributed by atoms with Crippen LogP contribution in [0.2, 0.25) is 0 Å². The molecule has 0 heterocycles. The summed E-state index contributed by atoms with van der Waals surface area (Å²) in [5.41, 5.74) is 0.525. The molecule has 0 bridgehead atoms. The van der Waals surface area contributed by atoms with E-state index in [1.807, 2.05) is 6.07 Å². The smallest absolute Gasteiger partial charge is 0.338 e. The molecular formula is C8H7IO2Zn-. The molecule has 1 rings (SSSR count). The molecule has 0 aliphatic rings. The molecule has 0 saturated heterocycles. The van der Waals surface area contributed by atoms with Gasteiger partial charge in [0.25, 0.3) is 0 Å². The minimum absolute atomic E-state index is 0. The molecule has 0 unspecified atom stereocenters. The van der Waals surface area contributed by atoms with Crippen LogP contribution in [0.5, 0.6) is 0 Å². The number of halogens is 1. The summed E-state index contributed by atoms with van der Waals surface area (Å²) in [7, 11) is 3.01. The zero-order chi connectivity index (χ0) is 7.40. The third-order valence-electron chi connectivity index (χ3n) is 1.14. The van der Waals surface area contributed by atoms with Gasteiger partial charge in [-0.3, -0.25) is 0 Å². The van der Waals surface area contributed by atoms with Crippen molar-refractivity contribution in [1.29, 1.82) is 0 Å². The second-order valence-electron chi connectivity index (χ2n) is 1.80. The van der Waals surface area contributed by atoms with Crippen LogP contribution in [0.3, 0.4) is 0 Å². The van der Waals surface area contributed by atoms with Crippen molar-refractivity contribution in [2.45, 2.75) is 0 Å². The fourth-order valence-corrected chi connectivity index (χ4v) is 0.658. The first-order chi connectivity index (χ1) is 4.84. The van der Waals surface area contributed by atoms with Crippen molar-refractivity contribution < 1.29 is 53.0 Å². The number of hydrogen-bond acceptors (Lipinski definition) is 2. The summed E-state index contributed by atoms with van der Waals surface area (Å²) in [6, 6.07) is 8.72. The Morgan fingerprint density at radius 1 is 1.25 bits per heavy atom. The number of benzene rings is 1. The van der Waals surface area contributed by atoms with Crippen molar-refractivity contribution in [2.24, 2.45) is 0 Å². The van der Waals surface area contributed by atoms with E-state index >= 15 is 0 Å². The van der Waals surface area contributed by atoms with Gasteiger partial charge in [-0.05, 0) is 12.1 Å². The molecular weight excluding hydrogens is 320 g/mol. The average molecular weight is 327 g/mol. The summed E-state index contributed by atoms with van der Waals surface area (Å²) >= 11 is 0. The molecule has 0 aliphatic heterocycles. The quantitative estimate of drug-likeness (QED) is 0.362. The van der Waals surface area contributed by atoms with Crippen LogP contribution in [0.25, 0.3) is 0 Å². The molecule has 12 heavy (non-hydrogen) atoms. The maximum absolute atomic E-state index is 10.7. The fraction of sp³-hybridized carbons (Fsp3) is 0. The van der Waals surface area contributed by atoms with Crippen molar-refractivity contribution in [3.05, 3.63) is 43.0 Å². The average Bonchev–Trinajstić information content (AvgIpc) is 2.05. The molecule has 0 spiro atoms. The Morgan fingerprint density at radius 3 is 2.17 bits per heavy atom. The molecule has 4 heteroatoms. The topological polar surface area (TPSA) is 26.3 Å². The molecule has 1 aromatic rings. The predicted octanol–water partition coefficient (Wildman–Crippen LogP) is -1.36. The maximum Gasteiger partial charge on any atom is 0.338 e. The van der Waals surface area contributed by atoms with Gasteiger partial charge < -0.3 is 28.7 Å². The van der Waals surface area contributed by atoms with E-state index in [0.29, 0.717) is 5.56 Å². The molecule has 61 valence electrons. The fourth-order valence-electron chi connectivity index (χ4n) is 0.658. The normalized spacial score (nSPS) is 7.42. The second-order valence-corrected chi connectivity index (χ2v) is 1.80. The summed E-state index contributed by atoms with van der Waals surface area (Å²) in [4.78, 5) is 10.7. The van der Waals surface area contributed by atoms with Crippen LogP contribution in [0.4, 0.5) is 0 Å². The molecule has 0 saturated carbocycles. The van der Waals surface area contributed by atoms with Crippen LogP contribution in [-0.2, 0) is 24.2 Å². The number of carbonyl (C=O) groups excluding carboxylic acids is 1. The van der Waals surface area contributed by atoms with Crippen molar-refractivity contribution in [2.75, 3.05) is 0 Å². The Morgan fingerprint density at radius 2 is 1.75 bits per heavy atom. The molecule has 0 atom stereocenters. The summed E-state index contributed by atoms with van der Waals surface area (Å²) in [5.74, 6) is -0.402.